The van der Waals surface area contributed by atoms with Crippen molar-refractivity contribution in [2.24, 2.45) is 5.92 Å². The molecule has 202 valence electrons. The Morgan fingerprint density at radius 1 is 0.946 bits per heavy atom. The fourth-order valence-electron chi connectivity index (χ4n) is 5.06. The summed E-state index contributed by atoms with van der Waals surface area (Å²) in [7, 11) is 6.09. The first-order valence-corrected chi connectivity index (χ1v) is 12.4. The molecule has 2 aromatic carbocycles. The monoisotopic (exact) mass is 514 g/mol. The van der Waals surface area contributed by atoms with E-state index in [9.17, 15) is 20.5 Å². The van der Waals surface area contributed by atoms with Crippen LogP contribution < -0.4 is 18.9 Å². The second-order valence-corrected chi connectivity index (χ2v) is 9.02. The molecule has 1 N–H and O–H groups in total. The van der Waals surface area contributed by atoms with Gasteiger partial charge in [0.2, 0.25) is 6.04 Å². The molecule has 3 atom stereocenters. The lowest BCUT2D eigenvalue weighted by molar-refractivity contribution is -0.534. The Bertz CT molecular complexity index is 1080. The molecule has 9 heteroatoms. The van der Waals surface area contributed by atoms with Gasteiger partial charge in [-0.3, -0.25) is 10.1 Å². The summed E-state index contributed by atoms with van der Waals surface area (Å²) in [6.45, 7) is 4.04. The lowest BCUT2D eigenvalue weighted by atomic mass is 9.66. The fraction of sp³-hybridized carbons (Fsp3) is 0.536. The van der Waals surface area contributed by atoms with Gasteiger partial charge in [0, 0.05) is 11.3 Å². The number of ether oxygens (including phenoxy) is 4. The molecule has 0 heterocycles. The molecule has 0 saturated carbocycles. The van der Waals surface area contributed by atoms with Gasteiger partial charge in [-0.1, -0.05) is 38.8 Å². The van der Waals surface area contributed by atoms with Crippen molar-refractivity contribution in [3.8, 4) is 29.1 Å². The highest BCUT2D eigenvalue weighted by Gasteiger charge is 2.41. The highest BCUT2D eigenvalue weighted by atomic mass is 16.6. The van der Waals surface area contributed by atoms with Crippen molar-refractivity contribution in [2.45, 2.75) is 63.5 Å². The van der Waals surface area contributed by atoms with Crippen molar-refractivity contribution in [1.82, 2.24) is 0 Å². The quantitative estimate of drug-likeness (QED) is 0.262. The van der Waals surface area contributed by atoms with E-state index in [1.165, 1.54) is 21.3 Å². The van der Waals surface area contributed by atoms with Crippen LogP contribution in [0.15, 0.2) is 36.4 Å². The van der Waals surface area contributed by atoms with Crippen LogP contribution in [0.25, 0.3) is 0 Å². The van der Waals surface area contributed by atoms with Crippen molar-refractivity contribution in [3.05, 3.63) is 57.6 Å². The van der Waals surface area contributed by atoms with Gasteiger partial charge in [-0.25, -0.2) is 0 Å². The van der Waals surface area contributed by atoms with E-state index in [2.05, 4.69) is 6.07 Å². The SMILES string of the molecule is CCC(CC)C(C#N)(CCC(O)C(Cc1ccc(OC)c(OC)c1)[N+](=O)[O-])c1ccc(OC)c(OC)c1. The van der Waals surface area contributed by atoms with Gasteiger partial charge in [0.15, 0.2) is 23.0 Å². The van der Waals surface area contributed by atoms with Crippen LogP contribution in [0.2, 0.25) is 0 Å². The van der Waals surface area contributed by atoms with Crippen LogP contribution >= 0.6 is 0 Å². The number of nitriles is 1. The minimum absolute atomic E-state index is 0.00934. The normalized spacial score (nSPS) is 14.2. The van der Waals surface area contributed by atoms with Crippen molar-refractivity contribution in [2.75, 3.05) is 28.4 Å². The first kappa shape index (κ1) is 29.7. The summed E-state index contributed by atoms with van der Waals surface area (Å²) in [5.74, 6) is 2.00. The average molecular weight is 515 g/mol. The topological polar surface area (TPSA) is 124 Å². The maximum atomic E-state index is 12.0. The van der Waals surface area contributed by atoms with Crippen LogP contribution in [0.3, 0.4) is 0 Å². The van der Waals surface area contributed by atoms with E-state index in [0.717, 1.165) is 18.4 Å². The second kappa shape index (κ2) is 13.7. The summed E-state index contributed by atoms with van der Waals surface area (Å²) in [5, 5.41) is 33.5. The number of nitro groups is 1. The number of methoxy groups -OCH3 is 4. The van der Waals surface area contributed by atoms with Crippen LogP contribution in [-0.4, -0.2) is 50.6 Å². The third-order valence-corrected chi connectivity index (χ3v) is 7.22. The largest absolute Gasteiger partial charge is 0.493 e. The van der Waals surface area contributed by atoms with Gasteiger partial charge in [0.05, 0.1) is 39.9 Å². The molecule has 0 aliphatic heterocycles. The average Bonchev–Trinajstić information content (AvgIpc) is 2.93. The Morgan fingerprint density at radius 3 is 1.97 bits per heavy atom. The number of hydrogen-bond donors (Lipinski definition) is 1. The van der Waals surface area contributed by atoms with Crippen LogP contribution in [0.5, 0.6) is 23.0 Å². The highest BCUT2D eigenvalue weighted by molar-refractivity contribution is 5.47. The van der Waals surface area contributed by atoms with Crippen LogP contribution in [0.4, 0.5) is 0 Å². The fourth-order valence-corrected chi connectivity index (χ4v) is 5.06. The third-order valence-electron chi connectivity index (χ3n) is 7.22. The molecule has 0 fully saturated rings. The summed E-state index contributed by atoms with van der Waals surface area (Å²) < 4.78 is 21.4. The van der Waals surface area contributed by atoms with E-state index in [0.29, 0.717) is 28.6 Å². The van der Waals surface area contributed by atoms with Crippen molar-refractivity contribution in [3.63, 3.8) is 0 Å². The molecular formula is C28H38N2O7. The van der Waals surface area contributed by atoms with E-state index in [1.807, 2.05) is 19.9 Å². The standard InChI is InChI=1S/C28H38N2O7/c1-7-20(8-2)28(18-29,21-10-12-25(35-4)27(17-21)37-6)14-13-23(31)22(30(32)33)15-19-9-11-24(34-3)26(16-19)36-5/h9-12,16-17,20,22-23,31H,7-8,13-15H2,1-6H3. The Morgan fingerprint density at radius 2 is 1.49 bits per heavy atom. The highest BCUT2D eigenvalue weighted by Crippen LogP contribution is 2.43. The van der Waals surface area contributed by atoms with E-state index < -0.39 is 22.5 Å². The number of benzene rings is 2. The minimum atomic E-state index is -1.26. The van der Waals surface area contributed by atoms with Gasteiger partial charge < -0.3 is 24.1 Å². The Labute approximate surface area is 219 Å². The summed E-state index contributed by atoms with van der Waals surface area (Å²) in [6, 6.07) is 11.7. The van der Waals surface area contributed by atoms with Gasteiger partial charge in [0.25, 0.3) is 0 Å². The van der Waals surface area contributed by atoms with Crippen LogP contribution in [0, 0.1) is 27.4 Å². The molecule has 2 aromatic rings. The van der Waals surface area contributed by atoms with Crippen molar-refractivity contribution < 1.29 is 29.0 Å². The molecule has 37 heavy (non-hydrogen) atoms. The Kier molecular flexibility index (Phi) is 11.0. The minimum Gasteiger partial charge on any atom is -0.493 e. The predicted octanol–water partition coefficient (Wildman–Crippen LogP) is 4.95. The number of hydrogen-bond acceptors (Lipinski definition) is 8. The zero-order valence-electron chi connectivity index (χ0n) is 22.5. The molecule has 0 spiro atoms. The molecule has 0 bridgehead atoms. The smallest absolute Gasteiger partial charge is 0.242 e. The second-order valence-electron chi connectivity index (χ2n) is 9.02. The predicted molar refractivity (Wildman–Crippen MR) is 140 cm³/mol. The van der Waals surface area contributed by atoms with Gasteiger partial charge >= 0.3 is 0 Å². The van der Waals surface area contributed by atoms with E-state index in [4.69, 9.17) is 18.9 Å². The molecule has 2 rings (SSSR count). The summed E-state index contributed by atoms with van der Waals surface area (Å²) in [6.07, 6.45) is 0.554. The van der Waals surface area contributed by atoms with Gasteiger partial charge in [-0.2, -0.15) is 5.26 Å². The zero-order chi connectivity index (χ0) is 27.6. The molecule has 0 saturated heterocycles. The summed E-state index contributed by atoms with van der Waals surface area (Å²) in [4.78, 5) is 11.5. The van der Waals surface area contributed by atoms with Gasteiger partial charge in [-0.15, -0.1) is 0 Å². The molecule has 0 aliphatic carbocycles. The number of rotatable bonds is 15. The lowest BCUT2D eigenvalue weighted by Gasteiger charge is -2.36. The maximum Gasteiger partial charge on any atom is 0.242 e. The van der Waals surface area contributed by atoms with Gasteiger partial charge in [0.1, 0.15) is 6.10 Å². The van der Waals surface area contributed by atoms with E-state index in [-0.39, 0.29) is 25.2 Å². The lowest BCUT2D eigenvalue weighted by Crippen LogP contribution is -2.39. The van der Waals surface area contributed by atoms with E-state index >= 15 is 0 Å². The summed E-state index contributed by atoms with van der Waals surface area (Å²) >= 11 is 0. The van der Waals surface area contributed by atoms with Gasteiger partial charge in [-0.05, 0) is 54.2 Å². The zero-order valence-corrected chi connectivity index (χ0v) is 22.5. The Balaban J connectivity index is 2.38. The molecular weight excluding hydrogens is 476 g/mol. The van der Waals surface area contributed by atoms with Crippen molar-refractivity contribution >= 4 is 0 Å². The maximum absolute atomic E-state index is 12.0. The van der Waals surface area contributed by atoms with Crippen LogP contribution in [0.1, 0.15) is 50.7 Å². The molecule has 0 amide bonds. The van der Waals surface area contributed by atoms with Crippen LogP contribution in [-0.2, 0) is 11.8 Å². The van der Waals surface area contributed by atoms with Crippen molar-refractivity contribution in [1.29, 1.82) is 5.26 Å². The first-order valence-electron chi connectivity index (χ1n) is 12.4. The number of aliphatic hydroxyl groups is 1. The first-order chi connectivity index (χ1) is 17.7. The number of aliphatic hydroxyl groups excluding tert-OH is 1. The third kappa shape index (κ3) is 6.63. The molecule has 0 aromatic heterocycles. The molecule has 3 unspecified atom stereocenters. The molecule has 9 nitrogen and oxygen atoms in total. The molecule has 0 aliphatic rings. The molecule has 0 radical (unpaired) electrons. The number of nitrogens with zero attached hydrogens (tertiary/aromatic N) is 2. The Hall–Kier alpha value is -3.51. The summed E-state index contributed by atoms with van der Waals surface area (Å²) in [5.41, 5.74) is 0.421. The van der Waals surface area contributed by atoms with E-state index in [1.54, 1.807) is 37.4 Å².